The highest BCUT2D eigenvalue weighted by molar-refractivity contribution is 5.94. The molecule has 2 aromatic heterocycles. The van der Waals surface area contributed by atoms with Crippen molar-refractivity contribution in [2.24, 2.45) is 0 Å². The van der Waals surface area contributed by atoms with Crippen LogP contribution in [0.15, 0.2) is 106 Å². The van der Waals surface area contributed by atoms with Gasteiger partial charge in [0, 0.05) is 5.69 Å². The first-order valence-corrected chi connectivity index (χ1v) is 9.94. The molecule has 0 bridgehead atoms. The van der Waals surface area contributed by atoms with Crippen molar-refractivity contribution in [2.75, 3.05) is 11.4 Å². The van der Waals surface area contributed by atoms with Crippen molar-refractivity contribution >= 4 is 11.6 Å². The molecule has 0 N–H and O–H groups in total. The van der Waals surface area contributed by atoms with Crippen molar-refractivity contribution in [2.45, 2.75) is 19.6 Å². The summed E-state index contributed by atoms with van der Waals surface area (Å²) in [5, 5.41) is 0. The van der Waals surface area contributed by atoms with Gasteiger partial charge in [0.1, 0.15) is 11.5 Å². The predicted octanol–water partition coefficient (Wildman–Crippen LogP) is 5.11. The molecule has 0 aliphatic heterocycles. The summed E-state index contributed by atoms with van der Waals surface area (Å²) in [6, 6.07) is 27.3. The molecule has 0 aliphatic rings. The van der Waals surface area contributed by atoms with Crippen molar-refractivity contribution in [1.29, 1.82) is 0 Å². The molecule has 5 nitrogen and oxygen atoms in total. The van der Waals surface area contributed by atoms with Crippen molar-refractivity contribution < 1.29 is 13.6 Å². The summed E-state index contributed by atoms with van der Waals surface area (Å²) >= 11 is 0. The number of anilines is 1. The highest BCUT2D eigenvalue weighted by atomic mass is 16.3. The summed E-state index contributed by atoms with van der Waals surface area (Å²) in [5.74, 6) is 1.63. The van der Waals surface area contributed by atoms with Gasteiger partial charge in [0.15, 0.2) is 0 Å². The van der Waals surface area contributed by atoms with E-state index in [1.54, 1.807) is 12.5 Å². The lowest BCUT2D eigenvalue weighted by Crippen LogP contribution is -2.39. The van der Waals surface area contributed by atoms with Crippen LogP contribution in [0.4, 0.5) is 5.69 Å². The lowest BCUT2D eigenvalue weighted by molar-refractivity contribution is -0.120. The fourth-order valence-corrected chi connectivity index (χ4v) is 3.39. The Bertz CT molecular complexity index is 977. The molecule has 2 aromatic carbocycles. The standard InChI is InChI=1S/C25H24N2O3/c28-25(20-26(18-23-13-7-15-29-23)19-24-14-8-16-30-24)27(22-11-5-2-6-12-22)17-21-9-3-1-4-10-21/h1-16H,17-20H2. The number of furan rings is 2. The molecule has 0 radical (unpaired) electrons. The van der Waals surface area contributed by atoms with Gasteiger partial charge < -0.3 is 13.7 Å². The largest absolute Gasteiger partial charge is 0.468 e. The van der Waals surface area contributed by atoms with Gasteiger partial charge in [0.25, 0.3) is 0 Å². The zero-order chi connectivity index (χ0) is 20.6. The van der Waals surface area contributed by atoms with Crippen LogP contribution in [0.2, 0.25) is 0 Å². The highest BCUT2D eigenvalue weighted by Crippen LogP contribution is 2.19. The van der Waals surface area contributed by atoms with Gasteiger partial charge in [-0.3, -0.25) is 9.69 Å². The van der Waals surface area contributed by atoms with Crippen molar-refractivity contribution in [3.8, 4) is 0 Å². The molecule has 152 valence electrons. The molecular formula is C25H24N2O3. The minimum atomic E-state index is 0.0168. The number of amides is 1. The molecule has 1 amide bonds. The van der Waals surface area contributed by atoms with Crippen LogP contribution in [-0.2, 0) is 24.4 Å². The second-order valence-electron chi connectivity index (χ2n) is 7.10. The molecule has 0 saturated heterocycles. The van der Waals surface area contributed by atoms with Crippen LogP contribution >= 0.6 is 0 Å². The van der Waals surface area contributed by atoms with E-state index in [-0.39, 0.29) is 12.5 Å². The van der Waals surface area contributed by atoms with E-state index in [1.165, 1.54) is 0 Å². The van der Waals surface area contributed by atoms with E-state index in [1.807, 2.05) is 94.7 Å². The van der Waals surface area contributed by atoms with Crippen LogP contribution in [-0.4, -0.2) is 17.4 Å². The summed E-state index contributed by atoms with van der Waals surface area (Å²) < 4.78 is 11.0. The molecule has 0 atom stereocenters. The van der Waals surface area contributed by atoms with Gasteiger partial charge in [-0.15, -0.1) is 0 Å². The molecule has 4 aromatic rings. The second-order valence-corrected chi connectivity index (χ2v) is 7.10. The summed E-state index contributed by atoms with van der Waals surface area (Å²) in [4.78, 5) is 17.3. The predicted molar refractivity (Wildman–Crippen MR) is 116 cm³/mol. The molecule has 0 fully saturated rings. The van der Waals surface area contributed by atoms with Gasteiger partial charge >= 0.3 is 0 Å². The Hall–Kier alpha value is -3.57. The Balaban J connectivity index is 1.54. The van der Waals surface area contributed by atoms with E-state index in [4.69, 9.17) is 8.83 Å². The van der Waals surface area contributed by atoms with E-state index in [9.17, 15) is 4.79 Å². The maximum atomic E-state index is 13.4. The monoisotopic (exact) mass is 400 g/mol. The van der Waals surface area contributed by atoms with Crippen LogP contribution in [0.5, 0.6) is 0 Å². The van der Waals surface area contributed by atoms with Gasteiger partial charge in [0.05, 0.1) is 38.7 Å². The molecule has 30 heavy (non-hydrogen) atoms. The Kier molecular flexibility index (Phi) is 6.42. The summed E-state index contributed by atoms with van der Waals surface area (Å²) in [6.07, 6.45) is 3.29. The fraction of sp³-hybridized carbons (Fsp3) is 0.160. The molecule has 5 heteroatoms. The van der Waals surface area contributed by atoms with Crippen LogP contribution in [0.1, 0.15) is 17.1 Å². The molecule has 4 rings (SSSR count). The third kappa shape index (κ3) is 5.27. The number of nitrogens with zero attached hydrogens (tertiary/aromatic N) is 2. The molecular weight excluding hydrogens is 376 g/mol. The maximum Gasteiger partial charge on any atom is 0.241 e. The minimum Gasteiger partial charge on any atom is -0.468 e. The van der Waals surface area contributed by atoms with Crippen LogP contribution in [0.25, 0.3) is 0 Å². The quantitative estimate of drug-likeness (QED) is 0.392. The van der Waals surface area contributed by atoms with Gasteiger partial charge in [0.2, 0.25) is 5.91 Å². The van der Waals surface area contributed by atoms with Gasteiger partial charge in [-0.2, -0.15) is 0 Å². The zero-order valence-electron chi connectivity index (χ0n) is 16.7. The van der Waals surface area contributed by atoms with Crippen LogP contribution in [0, 0.1) is 0 Å². The molecule has 0 spiro atoms. The van der Waals surface area contributed by atoms with Gasteiger partial charge in [-0.1, -0.05) is 48.5 Å². The lowest BCUT2D eigenvalue weighted by Gasteiger charge is -2.27. The Morgan fingerprint density at radius 3 is 1.77 bits per heavy atom. The van der Waals surface area contributed by atoms with Crippen molar-refractivity contribution in [1.82, 2.24) is 4.90 Å². The van der Waals surface area contributed by atoms with Crippen LogP contribution in [0.3, 0.4) is 0 Å². The second kappa shape index (κ2) is 9.76. The third-order valence-corrected chi connectivity index (χ3v) is 4.83. The normalized spacial score (nSPS) is 11.0. The van der Waals surface area contributed by atoms with E-state index in [2.05, 4.69) is 0 Å². The number of hydrogen-bond acceptors (Lipinski definition) is 4. The number of hydrogen-bond donors (Lipinski definition) is 0. The van der Waals surface area contributed by atoms with Crippen molar-refractivity contribution in [3.63, 3.8) is 0 Å². The van der Waals surface area contributed by atoms with E-state index in [0.29, 0.717) is 19.6 Å². The lowest BCUT2D eigenvalue weighted by atomic mass is 10.2. The molecule has 0 unspecified atom stereocenters. The zero-order valence-corrected chi connectivity index (χ0v) is 16.7. The number of para-hydroxylation sites is 1. The SMILES string of the molecule is O=C(CN(Cc1ccco1)Cc1ccco1)N(Cc1ccccc1)c1ccccc1. The minimum absolute atomic E-state index is 0.0168. The summed E-state index contributed by atoms with van der Waals surface area (Å²) in [6.45, 7) is 1.79. The molecule has 0 aliphatic carbocycles. The van der Waals surface area contributed by atoms with Crippen molar-refractivity contribution in [3.05, 3.63) is 115 Å². The summed E-state index contributed by atoms with van der Waals surface area (Å²) in [5.41, 5.74) is 1.96. The first kappa shape index (κ1) is 19.7. The topological polar surface area (TPSA) is 49.8 Å². The number of carbonyl (C=O) groups excluding carboxylic acids is 1. The number of rotatable bonds is 9. The number of benzene rings is 2. The Morgan fingerprint density at radius 2 is 1.23 bits per heavy atom. The smallest absolute Gasteiger partial charge is 0.241 e. The average molecular weight is 400 g/mol. The molecule has 2 heterocycles. The number of carbonyl (C=O) groups is 1. The Labute approximate surface area is 176 Å². The molecule has 0 saturated carbocycles. The summed E-state index contributed by atoms with van der Waals surface area (Å²) in [7, 11) is 0. The third-order valence-electron chi connectivity index (χ3n) is 4.83. The first-order chi connectivity index (χ1) is 14.8. The fourth-order valence-electron chi connectivity index (χ4n) is 3.39. The van der Waals surface area contributed by atoms with E-state index in [0.717, 1.165) is 22.8 Å². The Morgan fingerprint density at radius 1 is 0.667 bits per heavy atom. The van der Waals surface area contributed by atoms with Gasteiger partial charge in [-0.25, -0.2) is 0 Å². The van der Waals surface area contributed by atoms with E-state index >= 15 is 0 Å². The van der Waals surface area contributed by atoms with E-state index < -0.39 is 0 Å². The highest BCUT2D eigenvalue weighted by Gasteiger charge is 2.21. The average Bonchev–Trinajstić information content (AvgIpc) is 3.48. The van der Waals surface area contributed by atoms with Gasteiger partial charge in [-0.05, 0) is 42.0 Å². The first-order valence-electron chi connectivity index (χ1n) is 9.94. The van der Waals surface area contributed by atoms with Crippen LogP contribution < -0.4 is 4.90 Å². The maximum absolute atomic E-state index is 13.4.